The van der Waals surface area contributed by atoms with E-state index in [0.29, 0.717) is 0 Å². The third-order valence-corrected chi connectivity index (χ3v) is 1.14. The quantitative estimate of drug-likeness (QED) is 0.557. The van der Waals surface area contributed by atoms with Crippen molar-refractivity contribution in [1.29, 1.82) is 0 Å². The second-order valence-corrected chi connectivity index (χ2v) is 2.17. The van der Waals surface area contributed by atoms with Gasteiger partial charge in [0.15, 0.2) is 0 Å². The largest absolute Gasteiger partial charge is 0.395 e. The summed E-state index contributed by atoms with van der Waals surface area (Å²) in [4.78, 5) is 0. The van der Waals surface area contributed by atoms with Crippen LogP contribution in [0.25, 0.3) is 0 Å². The molecule has 0 aliphatic rings. The first-order valence-corrected chi connectivity index (χ1v) is 3.43. The second kappa shape index (κ2) is 6.52. The van der Waals surface area contributed by atoms with Gasteiger partial charge in [0, 0.05) is 6.04 Å². The van der Waals surface area contributed by atoms with Crippen LogP contribution >= 0.6 is 0 Å². The minimum atomic E-state index is -0.110. The molecule has 0 fully saturated rings. The second-order valence-electron chi connectivity index (χ2n) is 2.17. The first-order chi connectivity index (χ1) is 4.81. The topological polar surface area (TPSA) is 46.2 Å². The van der Waals surface area contributed by atoms with E-state index < -0.39 is 0 Å². The molecule has 0 aliphatic carbocycles. The van der Waals surface area contributed by atoms with Crippen LogP contribution in [0.2, 0.25) is 0 Å². The van der Waals surface area contributed by atoms with Gasteiger partial charge in [-0.3, -0.25) is 0 Å². The highest BCUT2D eigenvalue weighted by Gasteiger charge is 1.93. The highest BCUT2D eigenvalue weighted by molar-refractivity contribution is 4.90. The van der Waals surface area contributed by atoms with Crippen molar-refractivity contribution in [3.8, 4) is 0 Å². The van der Waals surface area contributed by atoms with E-state index in [1.165, 1.54) is 0 Å². The summed E-state index contributed by atoms with van der Waals surface area (Å²) >= 11 is 0. The number of rotatable bonds is 5. The fraction of sp³-hybridized carbons (Fsp3) is 0.500. The lowest BCUT2D eigenvalue weighted by atomic mass is 10.2. The van der Waals surface area contributed by atoms with E-state index in [0.717, 1.165) is 12.8 Å². The molecule has 0 aliphatic heterocycles. The number of allylic oxidation sites excluding steroid dienone is 2. The first kappa shape index (κ1) is 9.40. The molecule has 0 amide bonds. The van der Waals surface area contributed by atoms with Crippen LogP contribution in [0.1, 0.15) is 12.8 Å². The first-order valence-electron chi connectivity index (χ1n) is 3.43. The van der Waals surface area contributed by atoms with Crippen molar-refractivity contribution in [3.05, 3.63) is 24.8 Å². The molecular weight excluding hydrogens is 126 g/mol. The summed E-state index contributed by atoms with van der Waals surface area (Å²) < 4.78 is 0. The van der Waals surface area contributed by atoms with E-state index in [-0.39, 0.29) is 12.6 Å². The average molecular weight is 141 g/mol. The van der Waals surface area contributed by atoms with Crippen molar-refractivity contribution in [1.82, 2.24) is 0 Å². The van der Waals surface area contributed by atoms with Crippen molar-refractivity contribution in [2.24, 2.45) is 5.73 Å². The molecule has 0 rings (SSSR count). The van der Waals surface area contributed by atoms with Crippen LogP contribution < -0.4 is 5.73 Å². The molecule has 0 spiro atoms. The Morgan fingerprint density at radius 2 is 2.20 bits per heavy atom. The standard InChI is InChI=1S/C8H15NO/c1-2-3-4-5-6-8(9)7-10/h2,4-5,8,10H,1,3,6-7,9H2/b5-4+/t8-/m1/s1. The smallest absolute Gasteiger partial charge is 0.0585 e. The van der Waals surface area contributed by atoms with Gasteiger partial charge in [-0.05, 0) is 12.8 Å². The summed E-state index contributed by atoms with van der Waals surface area (Å²) in [7, 11) is 0. The normalized spacial score (nSPS) is 13.8. The van der Waals surface area contributed by atoms with Crippen molar-refractivity contribution < 1.29 is 5.11 Å². The Balaban J connectivity index is 3.24. The zero-order valence-electron chi connectivity index (χ0n) is 6.16. The molecular formula is C8H15NO. The fourth-order valence-electron chi connectivity index (χ4n) is 0.538. The van der Waals surface area contributed by atoms with Gasteiger partial charge in [0.2, 0.25) is 0 Å². The molecule has 0 saturated heterocycles. The predicted octanol–water partition coefficient (Wildman–Crippen LogP) is 0.828. The SMILES string of the molecule is C=CC/C=C/C[C@@H](N)CO. The highest BCUT2D eigenvalue weighted by Crippen LogP contribution is 1.90. The third-order valence-electron chi connectivity index (χ3n) is 1.14. The zero-order chi connectivity index (χ0) is 7.82. The molecule has 1 atom stereocenters. The van der Waals surface area contributed by atoms with Crippen LogP contribution in [-0.2, 0) is 0 Å². The summed E-state index contributed by atoms with van der Waals surface area (Å²) in [6, 6.07) is -0.110. The molecule has 58 valence electrons. The molecule has 3 N–H and O–H groups in total. The van der Waals surface area contributed by atoms with E-state index >= 15 is 0 Å². The van der Waals surface area contributed by atoms with E-state index in [2.05, 4.69) is 6.58 Å². The van der Waals surface area contributed by atoms with Gasteiger partial charge < -0.3 is 10.8 Å². The maximum absolute atomic E-state index is 8.51. The van der Waals surface area contributed by atoms with Crippen LogP contribution in [0.3, 0.4) is 0 Å². The molecule has 0 radical (unpaired) electrons. The average Bonchev–Trinajstić information content (AvgIpc) is 1.98. The maximum Gasteiger partial charge on any atom is 0.0585 e. The number of nitrogens with two attached hydrogens (primary N) is 1. The van der Waals surface area contributed by atoms with Crippen molar-refractivity contribution in [3.63, 3.8) is 0 Å². The van der Waals surface area contributed by atoms with E-state index in [1.807, 2.05) is 18.2 Å². The molecule has 0 aromatic rings. The van der Waals surface area contributed by atoms with Gasteiger partial charge >= 0.3 is 0 Å². The molecule has 0 aromatic carbocycles. The van der Waals surface area contributed by atoms with Crippen LogP contribution in [-0.4, -0.2) is 17.8 Å². The Labute approximate surface area is 62.0 Å². The zero-order valence-corrected chi connectivity index (χ0v) is 6.16. The number of aliphatic hydroxyl groups is 1. The number of hydrogen-bond donors (Lipinski definition) is 2. The summed E-state index contributed by atoms with van der Waals surface area (Å²) in [5, 5.41) is 8.51. The Kier molecular flexibility index (Phi) is 6.13. The lowest BCUT2D eigenvalue weighted by molar-refractivity contribution is 0.266. The van der Waals surface area contributed by atoms with Crippen molar-refractivity contribution >= 4 is 0 Å². The van der Waals surface area contributed by atoms with E-state index in [1.54, 1.807) is 0 Å². The Morgan fingerprint density at radius 3 is 2.70 bits per heavy atom. The summed E-state index contributed by atoms with van der Waals surface area (Å²) in [6.45, 7) is 3.62. The maximum atomic E-state index is 8.51. The van der Waals surface area contributed by atoms with Crippen LogP contribution in [0.5, 0.6) is 0 Å². The molecule has 10 heavy (non-hydrogen) atoms. The van der Waals surface area contributed by atoms with Crippen LogP contribution in [0, 0.1) is 0 Å². The molecule has 0 heterocycles. The van der Waals surface area contributed by atoms with Gasteiger partial charge in [-0.25, -0.2) is 0 Å². The van der Waals surface area contributed by atoms with E-state index in [9.17, 15) is 0 Å². The van der Waals surface area contributed by atoms with Gasteiger partial charge in [-0.2, -0.15) is 0 Å². The molecule has 0 saturated carbocycles. The third kappa shape index (κ3) is 5.54. The molecule has 2 heteroatoms. The molecule has 2 nitrogen and oxygen atoms in total. The van der Waals surface area contributed by atoms with Crippen LogP contribution in [0.15, 0.2) is 24.8 Å². The molecule has 0 aromatic heterocycles. The summed E-state index contributed by atoms with van der Waals surface area (Å²) in [5.41, 5.74) is 5.43. The lowest BCUT2D eigenvalue weighted by Gasteiger charge is -2.01. The predicted molar refractivity (Wildman–Crippen MR) is 43.6 cm³/mol. The van der Waals surface area contributed by atoms with Gasteiger partial charge in [0.1, 0.15) is 0 Å². The number of hydrogen-bond acceptors (Lipinski definition) is 2. The number of aliphatic hydroxyl groups excluding tert-OH is 1. The highest BCUT2D eigenvalue weighted by atomic mass is 16.3. The minimum absolute atomic E-state index is 0.0540. The van der Waals surface area contributed by atoms with Crippen LogP contribution in [0.4, 0.5) is 0 Å². The Bertz CT molecular complexity index is 110. The summed E-state index contributed by atoms with van der Waals surface area (Å²) in [5.74, 6) is 0. The van der Waals surface area contributed by atoms with Gasteiger partial charge in [0.05, 0.1) is 6.61 Å². The van der Waals surface area contributed by atoms with Gasteiger partial charge in [-0.1, -0.05) is 18.2 Å². The Morgan fingerprint density at radius 1 is 1.50 bits per heavy atom. The van der Waals surface area contributed by atoms with Gasteiger partial charge in [0.25, 0.3) is 0 Å². The molecule has 0 unspecified atom stereocenters. The summed E-state index contributed by atoms with van der Waals surface area (Å²) in [6.07, 6.45) is 7.38. The minimum Gasteiger partial charge on any atom is -0.395 e. The van der Waals surface area contributed by atoms with Crippen molar-refractivity contribution in [2.75, 3.05) is 6.61 Å². The van der Waals surface area contributed by atoms with Crippen molar-refractivity contribution in [2.45, 2.75) is 18.9 Å². The monoisotopic (exact) mass is 141 g/mol. The van der Waals surface area contributed by atoms with Gasteiger partial charge in [-0.15, -0.1) is 6.58 Å². The lowest BCUT2D eigenvalue weighted by Crippen LogP contribution is -2.22. The fourth-order valence-corrected chi connectivity index (χ4v) is 0.538. The molecule has 0 bridgehead atoms. The van der Waals surface area contributed by atoms with E-state index in [4.69, 9.17) is 10.8 Å². The Hall–Kier alpha value is -0.600.